The van der Waals surface area contributed by atoms with E-state index in [1.165, 1.54) is 24.4 Å². The maximum Gasteiger partial charge on any atom is 0.306 e. The van der Waals surface area contributed by atoms with E-state index in [9.17, 15) is 13.2 Å². The summed E-state index contributed by atoms with van der Waals surface area (Å²) < 4.78 is 32.1. The van der Waals surface area contributed by atoms with E-state index < -0.39 is 10.1 Å². The first-order valence-corrected chi connectivity index (χ1v) is 8.73. The van der Waals surface area contributed by atoms with Crippen LogP contribution in [0.25, 0.3) is 0 Å². The van der Waals surface area contributed by atoms with Gasteiger partial charge in [0.1, 0.15) is 5.75 Å². The van der Waals surface area contributed by atoms with Crippen molar-refractivity contribution in [3.8, 4) is 5.75 Å². The van der Waals surface area contributed by atoms with Gasteiger partial charge < -0.3 is 8.71 Å². The topological polar surface area (TPSA) is 86.5 Å². The van der Waals surface area contributed by atoms with Gasteiger partial charge in [-0.3, -0.25) is 4.79 Å². The Labute approximate surface area is 132 Å². The van der Waals surface area contributed by atoms with Crippen LogP contribution in [0.1, 0.15) is 40.4 Å². The van der Waals surface area contributed by atoms with Crippen LogP contribution >= 0.6 is 11.6 Å². The van der Waals surface area contributed by atoms with E-state index in [2.05, 4.69) is 5.16 Å². The van der Waals surface area contributed by atoms with Gasteiger partial charge in [-0.1, -0.05) is 16.8 Å². The second-order valence-corrected chi connectivity index (χ2v) is 7.12. The first-order valence-electron chi connectivity index (χ1n) is 6.53. The number of carbonyl (C=O) groups is 1. The summed E-state index contributed by atoms with van der Waals surface area (Å²) in [7, 11) is -3.65. The Bertz CT molecular complexity index is 839. The lowest BCUT2D eigenvalue weighted by Gasteiger charge is -2.06. The van der Waals surface area contributed by atoms with Gasteiger partial charge in [0.05, 0.1) is 23.0 Å². The van der Waals surface area contributed by atoms with Gasteiger partial charge in [-0.2, -0.15) is 8.42 Å². The van der Waals surface area contributed by atoms with Crippen molar-refractivity contribution in [3.05, 3.63) is 46.3 Å². The molecule has 1 aromatic carbocycles. The summed E-state index contributed by atoms with van der Waals surface area (Å²) in [6, 6.07) is 4.10. The molecule has 0 amide bonds. The Morgan fingerprint density at radius 2 is 2.09 bits per heavy atom. The van der Waals surface area contributed by atoms with E-state index in [0.717, 1.165) is 19.1 Å². The van der Waals surface area contributed by atoms with Crippen LogP contribution in [0.4, 0.5) is 0 Å². The zero-order valence-electron chi connectivity index (χ0n) is 11.6. The Balaban J connectivity index is 1.91. The van der Waals surface area contributed by atoms with Crippen molar-refractivity contribution < 1.29 is 21.9 Å². The van der Waals surface area contributed by atoms with Crippen LogP contribution in [0, 0.1) is 0 Å². The fourth-order valence-electron chi connectivity index (χ4n) is 2.11. The number of nitrogens with zero attached hydrogens (tertiary/aromatic N) is 1. The summed E-state index contributed by atoms with van der Waals surface area (Å²) in [4.78, 5) is 12.5. The SMILES string of the molecule is CS(=O)(=O)Oc1ccc(C(=O)c2cnoc2C2CC2)c(Cl)c1. The maximum absolute atomic E-state index is 12.5. The number of hydrogen-bond acceptors (Lipinski definition) is 6. The number of benzene rings is 1. The molecule has 0 bridgehead atoms. The van der Waals surface area contributed by atoms with Crippen LogP contribution in [0.5, 0.6) is 5.75 Å². The minimum atomic E-state index is -3.65. The van der Waals surface area contributed by atoms with Crippen molar-refractivity contribution in [3.63, 3.8) is 0 Å². The highest BCUT2D eigenvalue weighted by Crippen LogP contribution is 2.42. The summed E-state index contributed by atoms with van der Waals surface area (Å²) in [6.45, 7) is 0. The van der Waals surface area contributed by atoms with Crippen molar-refractivity contribution in [2.45, 2.75) is 18.8 Å². The molecule has 3 rings (SSSR count). The van der Waals surface area contributed by atoms with Crippen molar-refractivity contribution in [1.82, 2.24) is 5.16 Å². The summed E-state index contributed by atoms with van der Waals surface area (Å²) >= 11 is 6.07. The molecule has 0 unspecified atom stereocenters. The monoisotopic (exact) mass is 341 g/mol. The highest BCUT2D eigenvalue weighted by atomic mass is 35.5. The van der Waals surface area contributed by atoms with E-state index in [-0.39, 0.29) is 28.0 Å². The van der Waals surface area contributed by atoms with E-state index in [1.54, 1.807) is 0 Å². The molecule has 116 valence electrons. The van der Waals surface area contributed by atoms with Crippen molar-refractivity contribution in [2.75, 3.05) is 6.26 Å². The number of carbonyl (C=O) groups excluding carboxylic acids is 1. The lowest BCUT2D eigenvalue weighted by molar-refractivity contribution is 0.103. The van der Waals surface area contributed by atoms with E-state index >= 15 is 0 Å². The molecule has 1 aliphatic carbocycles. The van der Waals surface area contributed by atoms with Crippen LogP contribution < -0.4 is 4.18 Å². The predicted octanol–water partition coefficient (Wildman–Crippen LogP) is 2.77. The molecule has 22 heavy (non-hydrogen) atoms. The number of ketones is 1. The van der Waals surface area contributed by atoms with E-state index in [0.29, 0.717) is 11.3 Å². The van der Waals surface area contributed by atoms with Crippen LogP contribution in [0.3, 0.4) is 0 Å². The van der Waals surface area contributed by atoms with Gasteiger partial charge in [-0.15, -0.1) is 0 Å². The van der Waals surface area contributed by atoms with Gasteiger partial charge in [-0.05, 0) is 25.0 Å². The smallest absolute Gasteiger partial charge is 0.306 e. The second kappa shape index (κ2) is 5.40. The summed E-state index contributed by atoms with van der Waals surface area (Å²) in [5.74, 6) is 0.571. The molecule has 0 atom stereocenters. The largest absolute Gasteiger partial charge is 0.383 e. The van der Waals surface area contributed by atoms with Gasteiger partial charge in [0, 0.05) is 17.5 Å². The molecule has 0 aliphatic heterocycles. The van der Waals surface area contributed by atoms with Crippen molar-refractivity contribution >= 4 is 27.5 Å². The second-order valence-electron chi connectivity index (χ2n) is 5.14. The van der Waals surface area contributed by atoms with Gasteiger partial charge >= 0.3 is 10.1 Å². The molecule has 0 radical (unpaired) electrons. The average Bonchev–Trinajstić information content (AvgIpc) is 3.14. The number of halogens is 1. The molecule has 1 aliphatic rings. The highest BCUT2D eigenvalue weighted by Gasteiger charge is 2.33. The minimum absolute atomic E-state index is 0.0526. The van der Waals surface area contributed by atoms with Crippen molar-refractivity contribution in [2.24, 2.45) is 0 Å². The minimum Gasteiger partial charge on any atom is -0.383 e. The molecule has 0 N–H and O–H groups in total. The zero-order chi connectivity index (χ0) is 15.9. The van der Waals surface area contributed by atoms with Crippen LogP contribution in [0.15, 0.2) is 28.9 Å². The summed E-state index contributed by atoms with van der Waals surface area (Å²) in [5.41, 5.74) is 0.633. The quantitative estimate of drug-likeness (QED) is 0.614. The Morgan fingerprint density at radius 3 is 2.68 bits per heavy atom. The molecule has 1 saturated carbocycles. The van der Waals surface area contributed by atoms with E-state index in [4.69, 9.17) is 20.3 Å². The molecular weight excluding hydrogens is 330 g/mol. The third kappa shape index (κ3) is 3.15. The molecular formula is C14H12ClNO5S. The first kappa shape index (κ1) is 15.1. The molecule has 0 spiro atoms. The summed E-state index contributed by atoms with van der Waals surface area (Å²) in [5, 5.41) is 3.79. The third-order valence-corrected chi connectivity index (χ3v) is 4.03. The van der Waals surface area contributed by atoms with Crippen LogP contribution in [0.2, 0.25) is 5.02 Å². The fourth-order valence-corrected chi connectivity index (χ4v) is 2.82. The van der Waals surface area contributed by atoms with Crippen LogP contribution in [-0.2, 0) is 10.1 Å². The zero-order valence-corrected chi connectivity index (χ0v) is 13.1. The number of aromatic nitrogens is 1. The summed E-state index contributed by atoms with van der Waals surface area (Å²) in [6.07, 6.45) is 4.26. The standard InChI is InChI=1S/C14H12ClNO5S/c1-22(18,19)21-9-4-5-10(12(15)6-9)13(17)11-7-16-20-14(11)8-2-3-8/h4-8H,2-3H2,1H3. The van der Waals surface area contributed by atoms with Crippen LogP contribution in [-0.4, -0.2) is 25.6 Å². The van der Waals surface area contributed by atoms with Gasteiger partial charge in [0.2, 0.25) is 0 Å². The Kier molecular flexibility index (Phi) is 3.70. The predicted molar refractivity (Wildman–Crippen MR) is 78.8 cm³/mol. The average molecular weight is 342 g/mol. The molecule has 8 heteroatoms. The lowest BCUT2D eigenvalue weighted by atomic mass is 10.0. The first-order chi connectivity index (χ1) is 10.3. The number of rotatable bonds is 5. The maximum atomic E-state index is 12.5. The molecule has 6 nitrogen and oxygen atoms in total. The molecule has 1 fully saturated rings. The highest BCUT2D eigenvalue weighted by molar-refractivity contribution is 7.86. The fraction of sp³-hybridized carbons (Fsp3) is 0.286. The lowest BCUT2D eigenvalue weighted by Crippen LogP contribution is -2.07. The Morgan fingerprint density at radius 1 is 1.36 bits per heavy atom. The van der Waals surface area contributed by atoms with Gasteiger partial charge in [0.25, 0.3) is 0 Å². The Hall–Kier alpha value is -1.86. The molecule has 2 aromatic rings. The van der Waals surface area contributed by atoms with Gasteiger partial charge in [0.15, 0.2) is 11.5 Å². The third-order valence-electron chi connectivity index (χ3n) is 3.22. The van der Waals surface area contributed by atoms with E-state index in [1.807, 2.05) is 0 Å². The molecule has 1 heterocycles. The van der Waals surface area contributed by atoms with Crippen molar-refractivity contribution in [1.29, 1.82) is 0 Å². The van der Waals surface area contributed by atoms with Gasteiger partial charge in [-0.25, -0.2) is 0 Å². The normalized spacial score (nSPS) is 14.8. The molecule has 0 saturated heterocycles. The number of hydrogen-bond donors (Lipinski definition) is 0. The molecule has 1 aromatic heterocycles.